The number of nitrogens with zero attached hydrogens (tertiary/aromatic N) is 2. The fourth-order valence-corrected chi connectivity index (χ4v) is 2.23. The Morgan fingerprint density at radius 3 is 2.67 bits per heavy atom. The minimum atomic E-state index is -0.657. The van der Waals surface area contributed by atoms with E-state index in [1.54, 1.807) is 7.05 Å². The first-order chi connectivity index (χ1) is 10.0. The number of rotatable bonds is 7. The first kappa shape index (κ1) is 15.3. The number of nitrogens with one attached hydrogen (secondary N) is 1. The van der Waals surface area contributed by atoms with Gasteiger partial charge in [0, 0.05) is 18.3 Å². The van der Waals surface area contributed by atoms with Gasteiger partial charge in [-0.2, -0.15) is 5.10 Å². The summed E-state index contributed by atoms with van der Waals surface area (Å²) in [6.07, 6.45) is 5.40. The van der Waals surface area contributed by atoms with Crippen molar-refractivity contribution in [3.8, 4) is 11.1 Å². The van der Waals surface area contributed by atoms with E-state index in [0.717, 1.165) is 24.1 Å². The number of carbonyl (C=O) groups is 1. The third-order valence-corrected chi connectivity index (χ3v) is 3.90. The maximum Gasteiger partial charge on any atom is 0.237 e. The molecular formula is C16H22N4O. The molecule has 112 valence electrons. The number of carbonyl (C=O) groups excluding carboxylic acids is 1. The maximum atomic E-state index is 11.4. The highest BCUT2D eigenvalue weighted by atomic mass is 16.1. The molecule has 1 amide bonds. The Morgan fingerprint density at radius 1 is 1.33 bits per heavy atom. The van der Waals surface area contributed by atoms with E-state index in [1.807, 2.05) is 42.2 Å². The van der Waals surface area contributed by atoms with Gasteiger partial charge in [0.05, 0.1) is 11.7 Å². The summed E-state index contributed by atoms with van der Waals surface area (Å²) in [7, 11) is 1.76. The second kappa shape index (κ2) is 6.54. The summed E-state index contributed by atoms with van der Waals surface area (Å²) < 4.78 is 1.90. The van der Waals surface area contributed by atoms with Crippen LogP contribution in [0, 0.1) is 0 Å². The van der Waals surface area contributed by atoms with Crippen LogP contribution in [0.5, 0.6) is 0 Å². The monoisotopic (exact) mass is 286 g/mol. The van der Waals surface area contributed by atoms with Crippen molar-refractivity contribution in [2.75, 3.05) is 7.05 Å². The van der Waals surface area contributed by atoms with Gasteiger partial charge >= 0.3 is 0 Å². The Bertz CT molecular complexity index is 593. The smallest absolute Gasteiger partial charge is 0.237 e. The Kier molecular flexibility index (Phi) is 4.75. The van der Waals surface area contributed by atoms with Gasteiger partial charge in [0.2, 0.25) is 5.91 Å². The summed E-state index contributed by atoms with van der Waals surface area (Å²) in [6, 6.07) is 10.1. The second-order valence-corrected chi connectivity index (χ2v) is 5.41. The number of benzene rings is 1. The fourth-order valence-electron chi connectivity index (χ4n) is 2.23. The topological polar surface area (TPSA) is 72.9 Å². The molecule has 1 atom stereocenters. The maximum absolute atomic E-state index is 11.4. The van der Waals surface area contributed by atoms with Gasteiger partial charge < -0.3 is 11.1 Å². The van der Waals surface area contributed by atoms with Crippen LogP contribution in [0.4, 0.5) is 0 Å². The van der Waals surface area contributed by atoms with E-state index in [2.05, 4.69) is 22.5 Å². The molecule has 1 unspecified atom stereocenters. The molecule has 0 aliphatic rings. The van der Waals surface area contributed by atoms with E-state index in [1.165, 1.54) is 0 Å². The summed E-state index contributed by atoms with van der Waals surface area (Å²) in [5, 5.41) is 7.35. The number of amides is 1. The molecular weight excluding hydrogens is 264 g/mol. The number of primary amides is 1. The van der Waals surface area contributed by atoms with Crippen molar-refractivity contribution in [3.63, 3.8) is 0 Å². The zero-order chi connectivity index (χ0) is 15.3. The summed E-state index contributed by atoms with van der Waals surface area (Å²) >= 11 is 0. The van der Waals surface area contributed by atoms with E-state index in [9.17, 15) is 4.79 Å². The van der Waals surface area contributed by atoms with Crippen molar-refractivity contribution in [3.05, 3.63) is 42.7 Å². The average Bonchev–Trinajstić information content (AvgIpc) is 2.96. The van der Waals surface area contributed by atoms with Crippen molar-refractivity contribution in [1.82, 2.24) is 15.1 Å². The van der Waals surface area contributed by atoms with Gasteiger partial charge in [-0.3, -0.25) is 9.48 Å². The minimum Gasteiger partial charge on any atom is -0.368 e. The summed E-state index contributed by atoms with van der Waals surface area (Å²) in [4.78, 5) is 11.4. The molecule has 0 spiro atoms. The van der Waals surface area contributed by atoms with Crippen molar-refractivity contribution >= 4 is 5.91 Å². The molecule has 1 aromatic carbocycles. The zero-order valence-corrected chi connectivity index (χ0v) is 12.5. The highest BCUT2D eigenvalue weighted by Gasteiger charge is 2.28. The van der Waals surface area contributed by atoms with Gasteiger partial charge in [0.1, 0.15) is 0 Å². The van der Waals surface area contributed by atoms with Crippen LogP contribution < -0.4 is 11.1 Å². The van der Waals surface area contributed by atoms with Crippen LogP contribution in [0.3, 0.4) is 0 Å². The molecule has 5 nitrogen and oxygen atoms in total. The Labute approximate surface area is 125 Å². The predicted molar refractivity (Wildman–Crippen MR) is 83.6 cm³/mol. The van der Waals surface area contributed by atoms with E-state index < -0.39 is 5.54 Å². The van der Waals surface area contributed by atoms with E-state index >= 15 is 0 Å². The summed E-state index contributed by atoms with van der Waals surface area (Å²) in [6.45, 7) is 2.59. The molecule has 0 saturated heterocycles. The molecule has 1 heterocycles. The largest absolute Gasteiger partial charge is 0.368 e. The van der Waals surface area contributed by atoms with Crippen LogP contribution in [0.2, 0.25) is 0 Å². The van der Waals surface area contributed by atoms with Crippen molar-refractivity contribution < 1.29 is 4.79 Å². The van der Waals surface area contributed by atoms with Gasteiger partial charge in [-0.15, -0.1) is 0 Å². The highest BCUT2D eigenvalue weighted by molar-refractivity contribution is 5.84. The molecule has 0 aliphatic carbocycles. The fraction of sp³-hybridized carbons (Fsp3) is 0.375. The first-order valence-electron chi connectivity index (χ1n) is 7.12. The van der Waals surface area contributed by atoms with E-state index in [0.29, 0.717) is 6.42 Å². The molecule has 2 rings (SSSR count). The third-order valence-electron chi connectivity index (χ3n) is 3.90. The molecule has 0 bridgehead atoms. The van der Waals surface area contributed by atoms with Gasteiger partial charge in [0.25, 0.3) is 0 Å². The van der Waals surface area contributed by atoms with Gasteiger partial charge in [-0.25, -0.2) is 0 Å². The molecule has 1 aromatic heterocycles. The lowest BCUT2D eigenvalue weighted by molar-refractivity contribution is -0.123. The molecule has 3 N–H and O–H groups in total. The number of aryl methyl sites for hydroxylation is 1. The normalized spacial score (nSPS) is 13.8. The lowest BCUT2D eigenvalue weighted by Gasteiger charge is -2.25. The van der Waals surface area contributed by atoms with Crippen LogP contribution in [0.25, 0.3) is 11.1 Å². The second-order valence-electron chi connectivity index (χ2n) is 5.41. The molecule has 5 heteroatoms. The molecule has 0 radical (unpaired) electrons. The standard InChI is InChI=1S/C16H22N4O/c1-16(18-2,15(17)21)9-6-10-20-12-14(11-19-20)13-7-4-3-5-8-13/h3-5,7-8,11-12,18H,6,9-10H2,1-2H3,(H2,17,21). The molecule has 2 aromatic rings. The predicted octanol–water partition coefficient (Wildman–Crippen LogP) is 1.79. The summed E-state index contributed by atoms with van der Waals surface area (Å²) in [5.41, 5.74) is 7.01. The lowest BCUT2D eigenvalue weighted by atomic mass is 9.95. The molecule has 21 heavy (non-hydrogen) atoms. The number of hydrogen-bond donors (Lipinski definition) is 2. The number of likely N-dealkylation sites (N-methyl/N-ethyl adjacent to an activating group) is 1. The molecule has 0 saturated carbocycles. The van der Waals surface area contributed by atoms with Crippen LogP contribution >= 0.6 is 0 Å². The van der Waals surface area contributed by atoms with Gasteiger partial charge in [0.15, 0.2) is 0 Å². The number of aromatic nitrogens is 2. The number of nitrogens with two attached hydrogens (primary N) is 1. The van der Waals surface area contributed by atoms with Crippen molar-refractivity contribution in [2.45, 2.75) is 31.8 Å². The average molecular weight is 286 g/mol. The number of hydrogen-bond acceptors (Lipinski definition) is 3. The zero-order valence-electron chi connectivity index (χ0n) is 12.5. The van der Waals surface area contributed by atoms with Crippen molar-refractivity contribution in [1.29, 1.82) is 0 Å². The molecule has 0 aliphatic heterocycles. The van der Waals surface area contributed by atoms with E-state index in [4.69, 9.17) is 5.73 Å². The summed E-state index contributed by atoms with van der Waals surface area (Å²) in [5.74, 6) is -0.324. The minimum absolute atomic E-state index is 0.324. The SMILES string of the molecule is CNC(C)(CCCn1cc(-c2ccccc2)cn1)C(N)=O. The van der Waals surface area contributed by atoms with Gasteiger partial charge in [-0.05, 0) is 32.4 Å². The highest BCUT2D eigenvalue weighted by Crippen LogP contribution is 2.18. The van der Waals surface area contributed by atoms with Crippen LogP contribution in [-0.2, 0) is 11.3 Å². The first-order valence-corrected chi connectivity index (χ1v) is 7.12. The van der Waals surface area contributed by atoms with Gasteiger partial charge in [-0.1, -0.05) is 30.3 Å². The van der Waals surface area contributed by atoms with E-state index in [-0.39, 0.29) is 5.91 Å². The molecule has 0 fully saturated rings. The quantitative estimate of drug-likeness (QED) is 0.815. The Hall–Kier alpha value is -2.14. The van der Waals surface area contributed by atoms with Crippen LogP contribution in [0.1, 0.15) is 19.8 Å². The van der Waals surface area contributed by atoms with Crippen LogP contribution in [-0.4, -0.2) is 28.3 Å². The van der Waals surface area contributed by atoms with Crippen molar-refractivity contribution in [2.24, 2.45) is 5.73 Å². The Morgan fingerprint density at radius 2 is 2.05 bits per heavy atom. The lowest BCUT2D eigenvalue weighted by Crippen LogP contribution is -2.51. The van der Waals surface area contributed by atoms with Crippen LogP contribution in [0.15, 0.2) is 42.7 Å². The third kappa shape index (κ3) is 3.70. The Balaban J connectivity index is 1.93.